The van der Waals surface area contributed by atoms with Gasteiger partial charge in [-0.1, -0.05) is 13.3 Å². The van der Waals surface area contributed by atoms with E-state index in [-0.39, 0.29) is 12.2 Å². The van der Waals surface area contributed by atoms with Crippen LogP contribution in [0, 0.1) is 5.92 Å². The molecule has 152 valence electrons. The Labute approximate surface area is 166 Å². The van der Waals surface area contributed by atoms with E-state index in [1.807, 2.05) is 12.4 Å². The van der Waals surface area contributed by atoms with Crippen molar-refractivity contribution < 1.29 is 9.47 Å². The molecule has 1 saturated carbocycles. The van der Waals surface area contributed by atoms with Crippen molar-refractivity contribution in [3.63, 3.8) is 0 Å². The summed E-state index contributed by atoms with van der Waals surface area (Å²) >= 11 is 0. The van der Waals surface area contributed by atoms with Crippen molar-refractivity contribution in [3.8, 4) is 0 Å². The van der Waals surface area contributed by atoms with Gasteiger partial charge in [0.15, 0.2) is 5.82 Å². The van der Waals surface area contributed by atoms with Gasteiger partial charge in [-0.3, -0.25) is 14.5 Å². The van der Waals surface area contributed by atoms with Crippen molar-refractivity contribution in [3.05, 3.63) is 23.9 Å². The number of fused-ring (bicyclic) bond motifs is 3. The van der Waals surface area contributed by atoms with Gasteiger partial charge in [-0.15, -0.1) is 10.2 Å². The van der Waals surface area contributed by atoms with Crippen LogP contribution in [0.4, 0.5) is 0 Å². The molecule has 4 heterocycles. The highest BCUT2D eigenvalue weighted by Gasteiger charge is 2.40. The zero-order valence-corrected chi connectivity index (χ0v) is 16.5. The molecule has 1 aromatic heterocycles. The van der Waals surface area contributed by atoms with Crippen LogP contribution in [0.25, 0.3) is 0 Å². The molecule has 0 amide bonds. The minimum atomic E-state index is 0.0734. The summed E-state index contributed by atoms with van der Waals surface area (Å²) in [5.41, 5.74) is 0. The number of aromatic nitrogens is 3. The molecule has 0 aromatic carbocycles. The van der Waals surface area contributed by atoms with Crippen molar-refractivity contribution in [1.82, 2.24) is 25.0 Å². The van der Waals surface area contributed by atoms with E-state index in [2.05, 4.69) is 43.0 Å². The normalized spacial score (nSPS) is 34.4. The number of nitrogens with one attached hydrogen (secondary N) is 1. The molecule has 8 heteroatoms. The predicted octanol–water partition coefficient (Wildman–Crippen LogP) is 1.32. The number of hydrogen-bond acceptors (Lipinski definition) is 7. The summed E-state index contributed by atoms with van der Waals surface area (Å²) in [5.74, 6) is 2.98. The first-order valence-electron chi connectivity index (χ1n) is 10.7. The molecule has 1 aromatic rings. The molecule has 1 saturated heterocycles. The molecule has 2 fully saturated rings. The lowest BCUT2D eigenvalue weighted by atomic mass is 9.92. The summed E-state index contributed by atoms with van der Waals surface area (Å²) in [7, 11) is 0. The molecule has 0 spiro atoms. The third-order valence-electron chi connectivity index (χ3n) is 6.65. The second kappa shape index (κ2) is 7.93. The molecule has 1 N–H and O–H groups in total. The summed E-state index contributed by atoms with van der Waals surface area (Å²) in [5, 5.41) is 12.3. The number of ether oxygens (including phenoxy) is 2. The van der Waals surface area contributed by atoms with Gasteiger partial charge in [-0.2, -0.15) is 0 Å². The standard InChI is InChI=1S/C20H30N6O2/c1-2-14-11-15(28-10-7-25-5-8-27-9-6-25)12-16(14)20-24-23-18-13-22-19-17(26(18)20)3-4-21-19/h3-4,13-17,19,21H,2,5-12H2,1H3/t14-,15-,16+,17?,19?/m1/s1. The summed E-state index contributed by atoms with van der Waals surface area (Å²) in [4.78, 5) is 6.98. The highest BCUT2D eigenvalue weighted by molar-refractivity contribution is 5.76. The lowest BCUT2D eigenvalue weighted by Crippen LogP contribution is -2.38. The second-order valence-corrected chi connectivity index (χ2v) is 8.22. The molecule has 5 rings (SSSR count). The van der Waals surface area contributed by atoms with Gasteiger partial charge >= 0.3 is 0 Å². The maximum atomic E-state index is 6.30. The fourth-order valence-electron chi connectivity index (χ4n) is 5.08. The van der Waals surface area contributed by atoms with Gasteiger partial charge in [0.1, 0.15) is 12.0 Å². The Bertz CT molecular complexity index is 741. The van der Waals surface area contributed by atoms with E-state index in [1.54, 1.807) is 0 Å². The SMILES string of the molecule is CC[C@@H]1C[C@@H](OCCN2CCOCC2)C[C@@H]1c1nnc2n1C1C=CNC1N=C2. The minimum absolute atomic E-state index is 0.0734. The molecule has 4 aliphatic rings. The lowest BCUT2D eigenvalue weighted by Gasteiger charge is -2.27. The van der Waals surface area contributed by atoms with E-state index >= 15 is 0 Å². The van der Waals surface area contributed by atoms with Crippen molar-refractivity contribution in [1.29, 1.82) is 0 Å². The fourth-order valence-corrected chi connectivity index (χ4v) is 5.08. The molecule has 0 radical (unpaired) electrons. The van der Waals surface area contributed by atoms with Gasteiger partial charge in [0.25, 0.3) is 0 Å². The van der Waals surface area contributed by atoms with Crippen LogP contribution in [0.5, 0.6) is 0 Å². The smallest absolute Gasteiger partial charge is 0.175 e. The Morgan fingerprint density at radius 2 is 2.14 bits per heavy atom. The molecule has 1 aliphatic carbocycles. The number of nitrogens with zero attached hydrogens (tertiary/aromatic N) is 5. The van der Waals surface area contributed by atoms with Gasteiger partial charge in [0.2, 0.25) is 0 Å². The molecule has 5 atom stereocenters. The van der Waals surface area contributed by atoms with Gasteiger partial charge in [-0.05, 0) is 31.0 Å². The summed E-state index contributed by atoms with van der Waals surface area (Å²) in [6, 6.07) is 0.184. The zero-order valence-electron chi connectivity index (χ0n) is 16.5. The summed E-state index contributed by atoms with van der Waals surface area (Å²) in [6.45, 7) is 7.81. The van der Waals surface area contributed by atoms with Crippen LogP contribution in [0.1, 0.15) is 49.8 Å². The summed E-state index contributed by atoms with van der Waals surface area (Å²) in [6.07, 6.45) is 9.70. The van der Waals surface area contributed by atoms with Crippen LogP contribution in [0.15, 0.2) is 17.3 Å². The Kier molecular flexibility index (Phi) is 5.17. The van der Waals surface area contributed by atoms with Crippen molar-refractivity contribution >= 4 is 6.21 Å². The maximum absolute atomic E-state index is 6.30. The number of morpholine rings is 1. The predicted molar refractivity (Wildman–Crippen MR) is 105 cm³/mol. The van der Waals surface area contributed by atoms with Crippen LogP contribution in [-0.4, -0.2) is 77.6 Å². The molecule has 2 unspecified atom stereocenters. The van der Waals surface area contributed by atoms with Gasteiger partial charge < -0.3 is 14.8 Å². The van der Waals surface area contributed by atoms with Crippen LogP contribution >= 0.6 is 0 Å². The molecular weight excluding hydrogens is 356 g/mol. The first-order chi connectivity index (χ1) is 13.8. The van der Waals surface area contributed by atoms with E-state index in [1.165, 1.54) is 0 Å². The lowest BCUT2D eigenvalue weighted by molar-refractivity contribution is 0.00234. The first-order valence-corrected chi connectivity index (χ1v) is 10.7. The number of hydrogen-bond donors (Lipinski definition) is 1. The van der Waals surface area contributed by atoms with Crippen molar-refractivity contribution in [2.24, 2.45) is 10.9 Å². The molecule has 0 bridgehead atoms. The molecule has 3 aliphatic heterocycles. The number of rotatable bonds is 6. The van der Waals surface area contributed by atoms with Crippen LogP contribution < -0.4 is 5.32 Å². The minimum Gasteiger partial charge on any atom is -0.379 e. The maximum Gasteiger partial charge on any atom is 0.175 e. The van der Waals surface area contributed by atoms with E-state index in [4.69, 9.17) is 9.47 Å². The monoisotopic (exact) mass is 386 g/mol. The summed E-state index contributed by atoms with van der Waals surface area (Å²) < 4.78 is 14.0. The van der Waals surface area contributed by atoms with E-state index in [0.717, 1.165) is 70.4 Å². The molecular formula is C20H30N6O2. The highest BCUT2D eigenvalue weighted by Crippen LogP contribution is 2.43. The Morgan fingerprint density at radius 3 is 3.00 bits per heavy atom. The van der Waals surface area contributed by atoms with Crippen LogP contribution in [0.3, 0.4) is 0 Å². The topological polar surface area (TPSA) is 76.8 Å². The zero-order chi connectivity index (χ0) is 18.9. The van der Waals surface area contributed by atoms with E-state index in [9.17, 15) is 0 Å². The first kappa shape index (κ1) is 18.3. The van der Waals surface area contributed by atoms with Gasteiger partial charge in [0.05, 0.1) is 38.2 Å². The third kappa shape index (κ3) is 3.38. The Morgan fingerprint density at radius 1 is 1.25 bits per heavy atom. The van der Waals surface area contributed by atoms with Crippen molar-refractivity contribution in [2.45, 2.75) is 50.4 Å². The molecule has 28 heavy (non-hydrogen) atoms. The fraction of sp³-hybridized carbons (Fsp3) is 0.750. The quantitative estimate of drug-likeness (QED) is 0.795. The van der Waals surface area contributed by atoms with Gasteiger partial charge in [0, 0.05) is 25.6 Å². The van der Waals surface area contributed by atoms with Crippen LogP contribution in [-0.2, 0) is 9.47 Å². The number of aliphatic imine (C=N–C) groups is 1. The molecule has 8 nitrogen and oxygen atoms in total. The largest absolute Gasteiger partial charge is 0.379 e. The second-order valence-electron chi connectivity index (χ2n) is 8.22. The van der Waals surface area contributed by atoms with E-state index in [0.29, 0.717) is 17.9 Å². The van der Waals surface area contributed by atoms with Gasteiger partial charge in [-0.25, -0.2) is 0 Å². The van der Waals surface area contributed by atoms with Crippen molar-refractivity contribution in [2.75, 3.05) is 39.5 Å². The average Bonchev–Trinajstić information content (AvgIpc) is 3.45. The highest BCUT2D eigenvalue weighted by atomic mass is 16.5. The average molecular weight is 386 g/mol. The third-order valence-corrected chi connectivity index (χ3v) is 6.65. The van der Waals surface area contributed by atoms with E-state index < -0.39 is 0 Å². The van der Waals surface area contributed by atoms with Crippen LogP contribution in [0.2, 0.25) is 0 Å². The Hall–Kier alpha value is -1.77. The Balaban J connectivity index is 1.25.